The number of nitrogens with zero attached hydrogens (tertiary/aromatic N) is 1. The first kappa shape index (κ1) is 12.5. The Labute approximate surface area is 102 Å². The van der Waals surface area contributed by atoms with E-state index in [0.29, 0.717) is 11.7 Å². The maximum absolute atomic E-state index is 12.3. The van der Waals surface area contributed by atoms with Gasteiger partial charge in [0.15, 0.2) is 0 Å². The van der Waals surface area contributed by atoms with E-state index >= 15 is 0 Å². The Kier molecular flexibility index (Phi) is 3.81. The normalized spacial score (nSPS) is 18.1. The van der Waals surface area contributed by atoms with Gasteiger partial charge >= 0.3 is 6.18 Å². The molecule has 0 saturated carbocycles. The molecule has 1 aliphatic rings. The molecule has 0 radical (unpaired) electrons. The summed E-state index contributed by atoms with van der Waals surface area (Å²) in [5.41, 5.74) is -0.183. The van der Waals surface area contributed by atoms with Gasteiger partial charge in [-0.3, -0.25) is 0 Å². The molecule has 2 rings (SSSR count). The second kappa shape index (κ2) is 5.16. The van der Waals surface area contributed by atoms with E-state index in [9.17, 15) is 13.2 Å². The quantitative estimate of drug-likeness (QED) is 0.884. The number of rotatable bonds is 2. The van der Waals surface area contributed by atoms with Gasteiger partial charge in [0.25, 0.3) is 0 Å². The highest BCUT2D eigenvalue weighted by Gasteiger charge is 2.32. The summed E-state index contributed by atoms with van der Waals surface area (Å²) in [7, 11) is 0. The Bertz CT molecular complexity index is 358. The number of anilines is 1. The molecule has 1 N–H and O–H groups in total. The molecule has 1 aromatic rings. The fraction of sp³-hybridized carbons (Fsp3) is 0.545. The molecule has 1 aliphatic heterocycles. The summed E-state index contributed by atoms with van der Waals surface area (Å²) in [6, 6.07) is 2.81. The SMILES string of the molecule is FC(F)(F)c1ccc(NC2CCSCC2)cn1. The van der Waals surface area contributed by atoms with Crippen molar-refractivity contribution in [2.45, 2.75) is 25.1 Å². The van der Waals surface area contributed by atoms with Crippen LogP contribution in [0.5, 0.6) is 0 Å². The summed E-state index contributed by atoms with van der Waals surface area (Å²) in [4.78, 5) is 3.42. The van der Waals surface area contributed by atoms with Gasteiger partial charge in [-0.1, -0.05) is 0 Å². The lowest BCUT2D eigenvalue weighted by molar-refractivity contribution is -0.141. The maximum Gasteiger partial charge on any atom is 0.433 e. The molecule has 0 amide bonds. The van der Waals surface area contributed by atoms with Gasteiger partial charge in [-0.25, -0.2) is 4.98 Å². The van der Waals surface area contributed by atoms with Gasteiger partial charge in [-0.05, 0) is 36.5 Å². The Morgan fingerprint density at radius 2 is 1.94 bits per heavy atom. The van der Waals surface area contributed by atoms with Crippen LogP contribution in [0.2, 0.25) is 0 Å². The number of alkyl halides is 3. The molecule has 0 atom stereocenters. The van der Waals surface area contributed by atoms with Crippen molar-refractivity contribution in [2.75, 3.05) is 16.8 Å². The van der Waals surface area contributed by atoms with Gasteiger partial charge in [0.05, 0.1) is 11.9 Å². The second-order valence-electron chi connectivity index (χ2n) is 3.96. The van der Waals surface area contributed by atoms with E-state index in [4.69, 9.17) is 0 Å². The van der Waals surface area contributed by atoms with Crippen LogP contribution in [0, 0.1) is 0 Å². The summed E-state index contributed by atoms with van der Waals surface area (Å²) in [5, 5.41) is 3.22. The van der Waals surface area contributed by atoms with Gasteiger partial charge < -0.3 is 5.32 Å². The lowest BCUT2D eigenvalue weighted by Crippen LogP contribution is -2.24. The number of nitrogens with one attached hydrogen (secondary N) is 1. The third-order valence-electron chi connectivity index (χ3n) is 2.65. The number of hydrogen-bond acceptors (Lipinski definition) is 3. The van der Waals surface area contributed by atoms with Gasteiger partial charge in [0, 0.05) is 6.04 Å². The van der Waals surface area contributed by atoms with E-state index in [-0.39, 0.29) is 0 Å². The molecule has 0 aromatic carbocycles. The van der Waals surface area contributed by atoms with Crippen LogP contribution in [0.25, 0.3) is 0 Å². The van der Waals surface area contributed by atoms with Crippen molar-refractivity contribution in [3.8, 4) is 0 Å². The maximum atomic E-state index is 12.3. The van der Waals surface area contributed by atoms with Crippen LogP contribution < -0.4 is 5.32 Å². The Balaban J connectivity index is 1.98. The van der Waals surface area contributed by atoms with Crippen LogP contribution in [-0.2, 0) is 6.18 Å². The monoisotopic (exact) mass is 262 g/mol. The third-order valence-corrected chi connectivity index (χ3v) is 3.69. The Morgan fingerprint density at radius 3 is 2.47 bits per heavy atom. The van der Waals surface area contributed by atoms with Crippen molar-refractivity contribution in [1.29, 1.82) is 0 Å². The summed E-state index contributed by atoms with van der Waals surface area (Å²) in [5.74, 6) is 2.21. The molecule has 17 heavy (non-hydrogen) atoms. The number of pyridine rings is 1. The number of halogens is 3. The van der Waals surface area contributed by atoms with E-state index in [1.54, 1.807) is 0 Å². The Hall–Kier alpha value is -0.910. The zero-order valence-electron chi connectivity index (χ0n) is 9.13. The standard InChI is InChI=1S/C11H13F3N2S/c12-11(13,14)10-2-1-9(7-15-10)16-8-3-5-17-6-4-8/h1-2,7-8,16H,3-6H2. The molecule has 94 valence electrons. The van der Waals surface area contributed by atoms with Crippen LogP contribution in [0.3, 0.4) is 0 Å². The van der Waals surface area contributed by atoms with E-state index in [2.05, 4.69) is 10.3 Å². The van der Waals surface area contributed by atoms with Crippen molar-refractivity contribution in [3.63, 3.8) is 0 Å². The highest BCUT2D eigenvalue weighted by molar-refractivity contribution is 7.99. The van der Waals surface area contributed by atoms with E-state index < -0.39 is 11.9 Å². The van der Waals surface area contributed by atoms with Crippen molar-refractivity contribution in [3.05, 3.63) is 24.0 Å². The number of aromatic nitrogens is 1. The highest BCUT2D eigenvalue weighted by Crippen LogP contribution is 2.28. The first-order valence-corrected chi connectivity index (χ1v) is 6.59. The van der Waals surface area contributed by atoms with E-state index in [1.807, 2.05) is 11.8 Å². The average molecular weight is 262 g/mol. The number of thioether (sulfide) groups is 1. The Morgan fingerprint density at radius 1 is 1.24 bits per heavy atom. The van der Waals surface area contributed by atoms with Crippen LogP contribution in [-0.4, -0.2) is 22.5 Å². The third kappa shape index (κ3) is 3.52. The van der Waals surface area contributed by atoms with Crippen LogP contribution >= 0.6 is 11.8 Å². The second-order valence-corrected chi connectivity index (χ2v) is 5.19. The van der Waals surface area contributed by atoms with Crippen LogP contribution in [0.4, 0.5) is 18.9 Å². The summed E-state index contributed by atoms with van der Waals surface area (Å²) < 4.78 is 36.9. The summed E-state index contributed by atoms with van der Waals surface area (Å²) in [6.45, 7) is 0. The lowest BCUT2D eigenvalue weighted by atomic mass is 10.1. The van der Waals surface area contributed by atoms with Crippen molar-refractivity contribution in [1.82, 2.24) is 4.98 Å². The summed E-state index contributed by atoms with van der Waals surface area (Å²) in [6.07, 6.45) is -1.01. The highest BCUT2D eigenvalue weighted by atomic mass is 32.2. The van der Waals surface area contributed by atoms with Crippen molar-refractivity contribution in [2.24, 2.45) is 0 Å². The molecule has 1 fully saturated rings. The topological polar surface area (TPSA) is 24.9 Å². The van der Waals surface area contributed by atoms with E-state index in [1.165, 1.54) is 12.3 Å². The van der Waals surface area contributed by atoms with Gasteiger partial charge in [0.1, 0.15) is 5.69 Å². The minimum Gasteiger partial charge on any atom is -0.381 e. The minimum atomic E-state index is -4.36. The van der Waals surface area contributed by atoms with E-state index in [0.717, 1.165) is 30.4 Å². The molecule has 2 nitrogen and oxygen atoms in total. The fourth-order valence-corrected chi connectivity index (χ4v) is 2.83. The first-order chi connectivity index (χ1) is 8.05. The largest absolute Gasteiger partial charge is 0.433 e. The molecule has 2 heterocycles. The molecule has 1 aromatic heterocycles. The zero-order valence-corrected chi connectivity index (χ0v) is 9.94. The molecule has 0 unspecified atom stereocenters. The molecule has 1 saturated heterocycles. The average Bonchev–Trinajstić information content (AvgIpc) is 2.30. The van der Waals surface area contributed by atoms with Gasteiger partial charge in [-0.15, -0.1) is 0 Å². The molecule has 0 aliphatic carbocycles. The number of hydrogen-bond donors (Lipinski definition) is 1. The molecule has 6 heteroatoms. The minimum absolute atomic E-state index is 0.356. The van der Waals surface area contributed by atoms with Crippen molar-refractivity contribution < 1.29 is 13.2 Å². The smallest absolute Gasteiger partial charge is 0.381 e. The molecule has 0 bridgehead atoms. The lowest BCUT2D eigenvalue weighted by Gasteiger charge is -2.23. The van der Waals surface area contributed by atoms with Crippen LogP contribution in [0.1, 0.15) is 18.5 Å². The molecule has 0 spiro atoms. The molecular formula is C11H13F3N2S. The molecular weight excluding hydrogens is 249 g/mol. The first-order valence-electron chi connectivity index (χ1n) is 5.43. The predicted octanol–water partition coefficient (Wildman–Crippen LogP) is 3.41. The van der Waals surface area contributed by atoms with Crippen LogP contribution in [0.15, 0.2) is 18.3 Å². The van der Waals surface area contributed by atoms with Crippen molar-refractivity contribution >= 4 is 17.4 Å². The zero-order chi connectivity index (χ0) is 12.3. The van der Waals surface area contributed by atoms with Gasteiger partial charge in [-0.2, -0.15) is 24.9 Å². The summed E-state index contributed by atoms with van der Waals surface area (Å²) >= 11 is 1.91. The fourth-order valence-electron chi connectivity index (χ4n) is 1.72. The van der Waals surface area contributed by atoms with Gasteiger partial charge in [0.2, 0.25) is 0 Å². The predicted molar refractivity (Wildman–Crippen MR) is 63.2 cm³/mol.